The second-order valence-corrected chi connectivity index (χ2v) is 4.81. The largest absolute Gasteiger partial charge is 0.327 e. The van der Waals surface area contributed by atoms with Gasteiger partial charge in [0.25, 0.3) is 0 Å². The third-order valence-corrected chi connectivity index (χ3v) is 2.22. The predicted molar refractivity (Wildman–Crippen MR) is 51.5 cm³/mol. The van der Waals surface area contributed by atoms with E-state index in [0.29, 0.717) is 17.4 Å². The van der Waals surface area contributed by atoms with Crippen molar-refractivity contribution in [2.24, 2.45) is 17.1 Å². The van der Waals surface area contributed by atoms with Crippen LogP contribution in [0.4, 0.5) is 0 Å². The molecule has 0 rings (SSSR count). The van der Waals surface area contributed by atoms with Crippen molar-refractivity contribution >= 4 is 0 Å². The molecule has 0 saturated carbocycles. The van der Waals surface area contributed by atoms with Gasteiger partial charge in [-0.2, -0.15) is 0 Å². The molecule has 0 radical (unpaired) electrons. The summed E-state index contributed by atoms with van der Waals surface area (Å²) in [4.78, 5) is 0. The normalized spacial score (nSPS) is 18.0. The summed E-state index contributed by atoms with van der Waals surface area (Å²) in [6.07, 6.45) is 2.32. The van der Waals surface area contributed by atoms with Crippen LogP contribution in [-0.4, -0.2) is 6.04 Å². The van der Waals surface area contributed by atoms with E-state index in [4.69, 9.17) is 5.73 Å². The van der Waals surface area contributed by atoms with Gasteiger partial charge in [0.2, 0.25) is 0 Å². The molecular formula is C10H23N. The highest BCUT2D eigenvalue weighted by Crippen LogP contribution is 2.23. The summed E-state index contributed by atoms with van der Waals surface area (Å²) in [5, 5.41) is 0. The van der Waals surface area contributed by atoms with E-state index in [1.54, 1.807) is 0 Å². The van der Waals surface area contributed by atoms with Gasteiger partial charge in [0, 0.05) is 6.04 Å². The van der Waals surface area contributed by atoms with Crippen LogP contribution in [0.1, 0.15) is 47.5 Å². The lowest BCUT2D eigenvalue weighted by atomic mass is 9.83. The molecule has 0 aromatic rings. The molecule has 0 saturated heterocycles. The molecule has 0 aliphatic carbocycles. The highest BCUT2D eigenvalue weighted by Gasteiger charge is 2.18. The Labute approximate surface area is 71.4 Å². The van der Waals surface area contributed by atoms with Crippen LogP contribution in [0.25, 0.3) is 0 Å². The van der Waals surface area contributed by atoms with Gasteiger partial charge in [-0.15, -0.1) is 0 Å². The first-order valence-electron chi connectivity index (χ1n) is 4.62. The fraction of sp³-hybridized carbons (Fsp3) is 1.00. The van der Waals surface area contributed by atoms with Gasteiger partial charge in [-0.05, 0) is 17.8 Å². The van der Waals surface area contributed by atoms with Crippen molar-refractivity contribution in [3.05, 3.63) is 0 Å². The van der Waals surface area contributed by atoms with Crippen LogP contribution >= 0.6 is 0 Å². The van der Waals surface area contributed by atoms with E-state index in [2.05, 4.69) is 34.6 Å². The lowest BCUT2D eigenvalue weighted by molar-refractivity contribution is 0.289. The fourth-order valence-electron chi connectivity index (χ4n) is 1.21. The van der Waals surface area contributed by atoms with Gasteiger partial charge in [-0.1, -0.05) is 41.0 Å². The first kappa shape index (κ1) is 11.0. The smallest absolute Gasteiger partial charge is 0.00694 e. The predicted octanol–water partition coefficient (Wildman–Crippen LogP) is 2.80. The van der Waals surface area contributed by atoms with Crippen LogP contribution in [-0.2, 0) is 0 Å². The molecule has 0 aromatic heterocycles. The summed E-state index contributed by atoms with van der Waals surface area (Å²) in [7, 11) is 0. The van der Waals surface area contributed by atoms with E-state index in [1.165, 1.54) is 6.42 Å². The van der Waals surface area contributed by atoms with Crippen LogP contribution < -0.4 is 5.73 Å². The lowest BCUT2D eigenvalue weighted by Crippen LogP contribution is -2.32. The van der Waals surface area contributed by atoms with E-state index in [9.17, 15) is 0 Å². The van der Waals surface area contributed by atoms with E-state index in [1.807, 2.05) is 0 Å². The topological polar surface area (TPSA) is 26.0 Å². The number of hydrogen-bond acceptors (Lipinski definition) is 1. The molecule has 0 aliphatic heterocycles. The summed E-state index contributed by atoms with van der Waals surface area (Å²) in [5.74, 6) is 0.661. The molecule has 0 heterocycles. The lowest BCUT2D eigenvalue weighted by Gasteiger charge is -2.26. The molecule has 1 heteroatoms. The van der Waals surface area contributed by atoms with Crippen molar-refractivity contribution in [3.63, 3.8) is 0 Å². The maximum Gasteiger partial charge on any atom is 0.00694 e. The summed E-state index contributed by atoms with van der Waals surface area (Å²) in [5.41, 5.74) is 6.39. The van der Waals surface area contributed by atoms with Crippen LogP contribution in [0.3, 0.4) is 0 Å². The quantitative estimate of drug-likeness (QED) is 0.670. The van der Waals surface area contributed by atoms with Crippen molar-refractivity contribution in [1.29, 1.82) is 0 Å². The average molecular weight is 157 g/mol. The molecule has 68 valence electrons. The summed E-state index contributed by atoms with van der Waals surface area (Å²) in [6.45, 7) is 11.2. The van der Waals surface area contributed by atoms with Crippen molar-refractivity contribution in [1.82, 2.24) is 0 Å². The highest BCUT2D eigenvalue weighted by atomic mass is 14.6. The Morgan fingerprint density at radius 2 is 1.73 bits per heavy atom. The average Bonchev–Trinajstić information content (AvgIpc) is 1.82. The van der Waals surface area contributed by atoms with Crippen LogP contribution in [0.2, 0.25) is 0 Å². The molecule has 11 heavy (non-hydrogen) atoms. The maximum absolute atomic E-state index is 6.01. The molecule has 0 spiro atoms. The first-order chi connectivity index (χ1) is 4.87. The van der Waals surface area contributed by atoms with Gasteiger partial charge in [0.1, 0.15) is 0 Å². The minimum Gasteiger partial charge on any atom is -0.327 e. The second-order valence-electron chi connectivity index (χ2n) is 4.81. The van der Waals surface area contributed by atoms with Gasteiger partial charge in [-0.3, -0.25) is 0 Å². The van der Waals surface area contributed by atoms with E-state index in [0.717, 1.165) is 6.42 Å². The van der Waals surface area contributed by atoms with Crippen molar-refractivity contribution < 1.29 is 0 Å². The van der Waals surface area contributed by atoms with Crippen molar-refractivity contribution in [2.75, 3.05) is 0 Å². The zero-order valence-electron chi connectivity index (χ0n) is 8.65. The summed E-state index contributed by atoms with van der Waals surface area (Å²) < 4.78 is 0. The zero-order valence-corrected chi connectivity index (χ0v) is 8.65. The summed E-state index contributed by atoms with van der Waals surface area (Å²) >= 11 is 0. The minimum absolute atomic E-state index is 0.375. The van der Waals surface area contributed by atoms with Crippen molar-refractivity contribution in [3.8, 4) is 0 Å². The van der Waals surface area contributed by atoms with Gasteiger partial charge < -0.3 is 5.73 Å². The molecule has 0 aromatic carbocycles. The Bertz CT molecular complexity index is 102. The Hall–Kier alpha value is -0.0400. The Morgan fingerprint density at radius 1 is 1.27 bits per heavy atom. The monoisotopic (exact) mass is 157 g/mol. The molecule has 0 aliphatic rings. The molecule has 2 atom stereocenters. The molecule has 0 fully saturated rings. The molecular weight excluding hydrogens is 134 g/mol. The third kappa shape index (κ3) is 5.25. The first-order valence-corrected chi connectivity index (χ1v) is 4.62. The molecule has 1 unspecified atom stereocenters. The zero-order chi connectivity index (χ0) is 9.07. The van der Waals surface area contributed by atoms with Crippen LogP contribution in [0.15, 0.2) is 0 Å². The van der Waals surface area contributed by atoms with Crippen LogP contribution in [0, 0.1) is 11.3 Å². The van der Waals surface area contributed by atoms with Gasteiger partial charge >= 0.3 is 0 Å². The van der Waals surface area contributed by atoms with E-state index in [-0.39, 0.29) is 0 Å². The van der Waals surface area contributed by atoms with E-state index < -0.39 is 0 Å². The highest BCUT2D eigenvalue weighted by molar-refractivity contribution is 4.74. The number of rotatable bonds is 3. The minimum atomic E-state index is 0.375. The molecule has 1 nitrogen and oxygen atoms in total. The number of hydrogen-bond donors (Lipinski definition) is 1. The van der Waals surface area contributed by atoms with E-state index >= 15 is 0 Å². The molecule has 0 bridgehead atoms. The molecule has 0 amide bonds. The molecule has 2 N–H and O–H groups in total. The second kappa shape index (κ2) is 4.10. The SMILES string of the molecule is CCC(C)[C@H](N)CC(C)(C)C. The summed E-state index contributed by atoms with van der Waals surface area (Å²) in [6, 6.07) is 0.375. The van der Waals surface area contributed by atoms with Gasteiger partial charge in [-0.25, -0.2) is 0 Å². The fourth-order valence-corrected chi connectivity index (χ4v) is 1.21. The maximum atomic E-state index is 6.01. The van der Waals surface area contributed by atoms with Crippen LogP contribution in [0.5, 0.6) is 0 Å². The Morgan fingerprint density at radius 3 is 2.00 bits per heavy atom. The standard InChI is InChI=1S/C10H23N/c1-6-8(2)9(11)7-10(3,4)5/h8-9H,6-7,11H2,1-5H3/t8?,9-/m1/s1. The van der Waals surface area contributed by atoms with Gasteiger partial charge in [0.15, 0.2) is 0 Å². The van der Waals surface area contributed by atoms with Crippen molar-refractivity contribution in [2.45, 2.75) is 53.5 Å². The Kier molecular flexibility index (Phi) is 4.09. The number of nitrogens with two attached hydrogens (primary N) is 1. The Balaban J connectivity index is 3.77. The van der Waals surface area contributed by atoms with Gasteiger partial charge in [0.05, 0.1) is 0 Å². The third-order valence-electron chi connectivity index (χ3n) is 2.22.